The summed E-state index contributed by atoms with van der Waals surface area (Å²) < 4.78 is 0. The average molecular weight is 385 g/mol. The minimum absolute atomic E-state index is 0. The van der Waals surface area contributed by atoms with Gasteiger partial charge < -0.3 is 15.5 Å². The van der Waals surface area contributed by atoms with Crippen LogP contribution in [0, 0.1) is 22.0 Å². The number of carbonyl (C=O) groups excluding carboxylic acids is 1. The zero-order valence-corrected chi connectivity index (χ0v) is 16.7. The molecule has 0 aromatic heterocycles. The first-order valence-electron chi connectivity index (χ1n) is 8.75. The number of nitro benzene ring substituents is 1. The molecule has 8 heteroatoms. The van der Waals surface area contributed by atoms with Gasteiger partial charge in [-0.1, -0.05) is 13.8 Å². The van der Waals surface area contributed by atoms with E-state index in [-0.39, 0.29) is 30.0 Å². The summed E-state index contributed by atoms with van der Waals surface area (Å²) in [6, 6.07) is 4.64. The average Bonchev–Trinajstić information content (AvgIpc) is 2.58. The van der Waals surface area contributed by atoms with E-state index in [1.165, 1.54) is 11.0 Å². The maximum Gasteiger partial charge on any atom is 0.293 e. The molecule has 26 heavy (non-hydrogen) atoms. The minimum atomic E-state index is -0.400. The monoisotopic (exact) mass is 384 g/mol. The van der Waals surface area contributed by atoms with Crippen LogP contribution in [0.25, 0.3) is 0 Å². The Bertz CT molecular complexity index is 645. The predicted octanol–water partition coefficient (Wildman–Crippen LogP) is 2.92. The van der Waals surface area contributed by atoms with Gasteiger partial charge in [0.25, 0.3) is 11.6 Å². The lowest BCUT2D eigenvalue weighted by Crippen LogP contribution is -2.40. The van der Waals surface area contributed by atoms with Crippen molar-refractivity contribution in [3.05, 3.63) is 33.9 Å². The smallest absolute Gasteiger partial charge is 0.293 e. The van der Waals surface area contributed by atoms with Gasteiger partial charge in [0.2, 0.25) is 0 Å². The summed E-state index contributed by atoms with van der Waals surface area (Å²) in [6.45, 7) is 8.10. The summed E-state index contributed by atoms with van der Waals surface area (Å²) in [5, 5.41) is 11.6. The van der Waals surface area contributed by atoms with Gasteiger partial charge in [-0.25, -0.2) is 0 Å². The molecular weight excluding hydrogens is 356 g/mol. The van der Waals surface area contributed by atoms with E-state index in [1.807, 2.05) is 6.92 Å². The lowest BCUT2D eigenvalue weighted by atomic mass is 9.91. The molecular formula is C18H29ClN4O3. The van der Waals surface area contributed by atoms with Gasteiger partial charge in [-0.2, -0.15) is 0 Å². The van der Waals surface area contributed by atoms with Crippen molar-refractivity contribution in [2.24, 2.45) is 17.6 Å². The van der Waals surface area contributed by atoms with Crippen LogP contribution in [0.15, 0.2) is 18.2 Å². The van der Waals surface area contributed by atoms with Crippen LogP contribution < -0.4 is 10.6 Å². The van der Waals surface area contributed by atoms with Crippen molar-refractivity contribution in [3.8, 4) is 0 Å². The molecule has 2 N–H and O–H groups in total. The lowest BCUT2D eigenvalue weighted by Gasteiger charge is -2.36. The van der Waals surface area contributed by atoms with E-state index in [9.17, 15) is 14.9 Å². The highest BCUT2D eigenvalue weighted by Gasteiger charge is 2.28. The minimum Gasteiger partial charge on any atom is -0.365 e. The van der Waals surface area contributed by atoms with E-state index in [1.54, 1.807) is 19.2 Å². The molecule has 1 fully saturated rings. The Labute approximate surface area is 161 Å². The molecule has 1 heterocycles. The van der Waals surface area contributed by atoms with Crippen LogP contribution in [0.5, 0.6) is 0 Å². The summed E-state index contributed by atoms with van der Waals surface area (Å²) >= 11 is 0. The summed E-state index contributed by atoms with van der Waals surface area (Å²) in [6.07, 6.45) is 1.13. The first-order chi connectivity index (χ1) is 11.7. The Morgan fingerprint density at radius 3 is 2.46 bits per heavy atom. The first-order valence-corrected chi connectivity index (χ1v) is 8.75. The van der Waals surface area contributed by atoms with Crippen molar-refractivity contribution in [2.75, 3.05) is 31.6 Å². The van der Waals surface area contributed by atoms with E-state index < -0.39 is 4.92 Å². The summed E-state index contributed by atoms with van der Waals surface area (Å²) in [4.78, 5) is 27.3. The Kier molecular flexibility index (Phi) is 7.84. The lowest BCUT2D eigenvalue weighted by molar-refractivity contribution is -0.384. The number of nitro groups is 1. The number of amides is 1. The van der Waals surface area contributed by atoms with Crippen LogP contribution in [-0.2, 0) is 0 Å². The summed E-state index contributed by atoms with van der Waals surface area (Å²) in [5.41, 5.74) is 6.50. The van der Waals surface area contributed by atoms with Gasteiger partial charge in [-0.05, 0) is 37.3 Å². The quantitative estimate of drug-likeness (QED) is 0.622. The molecule has 3 unspecified atom stereocenters. The Morgan fingerprint density at radius 2 is 1.96 bits per heavy atom. The van der Waals surface area contributed by atoms with Gasteiger partial charge in [0.15, 0.2) is 0 Å². The number of anilines is 1. The molecule has 0 saturated carbocycles. The number of benzene rings is 1. The van der Waals surface area contributed by atoms with Crippen LogP contribution in [0.4, 0.5) is 11.4 Å². The molecule has 0 spiro atoms. The summed E-state index contributed by atoms with van der Waals surface area (Å²) in [5.74, 6) is 0.718. The number of nitrogens with two attached hydrogens (primary N) is 1. The zero-order chi connectivity index (χ0) is 18.7. The topological polar surface area (TPSA) is 92.7 Å². The van der Waals surface area contributed by atoms with Gasteiger partial charge in [0, 0.05) is 44.4 Å². The third-order valence-electron chi connectivity index (χ3n) is 4.95. The molecule has 1 aromatic carbocycles. The highest BCUT2D eigenvalue weighted by molar-refractivity contribution is 5.95. The van der Waals surface area contributed by atoms with Gasteiger partial charge in [0.05, 0.1) is 4.92 Å². The highest BCUT2D eigenvalue weighted by atomic mass is 35.5. The highest BCUT2D eigenvalue weighted by Crippen LogP contribution is 2.34. The number of hydrogen-bond acceptors (Lipinski definition) is 5. The molecule has 3 atom stereocenters. The van der Waals surface area contributed by atoms with Gasteiger partial charge in [0.1, 0.15) is 5.69 Å². The molecule has 1 aliphatic rings. The van der Waals surface area contributed by atoms with E-state index in [2.05, 4.69) is 18.7 Å². The molecule has 1 aromatic rings. The maximum atomic E-state index is 12.5. The summed E-state index contributed by atoms with van der Waals surface area (Å²) in [7, 11) is 1.66. The van der Waals surface area contributed by atoms with E-state index in [0.717, 1.165) is 19.5 Å². The second kappa shape index (κ2) is 9.19. The van der Waals surface area contributed by atoms with Crippen molar-refractivity contribution in [2.45, 2.75) is 33.2 Å². The van der Waals surface area contributed by atoms with Crippen molar-refractivity contribution >= 4 is 29.7 Å². The van der Waals surface area contributed by atoms with Crippen molar-refractivity contribution in [1.82, 2.24) is 4.90 Å². The normalized spacial score (nSPS) is 20.9. The number of nitrogens with zero attached hydrogens (tertiary/aromatic N) is 3. The van der Waals surface area contributed by atoms with Gasteiger partial charge in [-0.15, -0.1) is 12.4 Å². The fourth-order valence-corrected chi connectivity index (χ4v) is 3.49. The van der Waals surface area contributed by atoms with Crippen molar-refractivity contribution < 1.29 is 9.72 Å². The SMILES string of the molecule is CC1CC(C)CN(c2ccc(C(=O)N(C)C(C)CN)cc2[N+](=O)[O-])C1.Cl. The van der Waals surface area contributed by atoms with Crippen LogP contribution >= 0.6 is 12.4 Å². The molecule has 1 saturated heterocycles. The Hall–Kier alpha value is -1.86. The fourth-order valence-electron chi connectivity index (χ4n) is 3.49. The Morgan fingerprint density at radius 1 is 1.38 bits per heavy atom. The third kappa shape index (κ3) is 4.86. The molecule has 0 radical (unpaired) electrons. The number of rotatable bonds is 5. The first kappa shape index (κ1) is 22.2. The number of halogens is 1. The number of likely N-dealkylation sites (N-methyl/N-ethyl adjacent to an activating group) is 1. The molecule has 0 bridgehead atoms. The molecule has 0 aliphatic carbocycles. The van der Waals surface area contributed by atoms with E-state index in [0.29, 0.717) is 29.6 Å². The molecule has 146 valence electrons. The largest absolute Gasteiger partial charge is 0.365 e. The third-order valence-corrected chi connectivity index (χ3v) is 4.95. The van der Waals surface area contributed by atoms with Gasteiger partial charge >= 0.3 is 0 Å². The zero-order valence-electron chi connectivity index (χ0n) is 15.8. The molecule has 2 rings (SSSR count). The molecule has 7 nitrogen and oxygen atoms in total. The molecule has 1 aliphatic heterocycles. The van der Waals surface area contributed by atoms with Crippen molar-refractivity contribution in [1.29, 1.82) is 0 Å². The second-order valence-electron chi connectivity index (χ2n) is 7.31. The van der Waals surface area contributed by atoms with Gasteiger partial charge in [-0.3, -0.25) is 14.9 Å². The Balaban J connectivity index is 0.00000338. The van der Waals surface area contributed by atoms with Crippen LogP contribution in [0.2, 0.25) is 0 Å². The number of carbonyl (C=O) groups is 1. The van der Waals surface area contributed by atoms with E-state index >= 15 is 0 Å². The standard InChI is InChI=1S/C18H28N4O3.ClH/c1-12-7-13(2)11-21(10-12)16-6-5-15(8-17(16)22(24)25)18(23)20(4)14(3)9-19;/h5-6,8,12-14H,7,9-11,19H2,1-4H3;1H. The fraction of sp³-hybridized carbons (Fsp3) is 0.611. The van der Waals surface area contributed by atoms with Crippen LogP contribution in [0.3, 0.4) is 0 Å². The second-order valence-corrected chi connectivity index (χ2v) is 7.31. The van der Waals surface area contributed by atoms with Crippen LogP contribution in [-0.4, -0.2) is 48.5 Å². The van der Waals surface area contributed by atoms with Crippen LogP contribution in [0.1, 0.15) is 37.6 Å². The molecule has 1 amide bonds. The number of piperidine rings is 1. The predicted molar refractivity (Wildman–Crippen MR) is 106 cm³/mol. The number of hydrogen-bond donors (Lipinski definition) is 1. The van der Waals surface area contributed by atoms with E-state index in [4.69, 9.17) is 5.73 Å². The maximum absolute atomic E-state index is 12.5. The van der Waals surface area contributed by atoms with Crippen molar-refractivity contribution in [3.63, 3.8) is 0 Å².